The zero-order valence-electron chi connectivity index (χ0n) is 24.2. The number of hydrogen-bond acceptors (Lipinski definition) is 5. The van der Waals surface area contributed by atoms with E-state index < -0.39 is 0 Å². The highest BCUT2D eigenvalue weighted by atomic mass is 16.3. The van der Waals surface area contributed by atoms with Gasteiger partial charge in [0.1, 0.15) is 11.3 Å². The number of H-pyrrole nitrogens is 2. The molecular formula is C34H31N5O4. The summed E-state index contributed by atoms with van der Waals surface area (Å²) >= 11 is 0. The van der Waals surface area contributed by atoms with Gasteiger partial charge in [-0.25, -0.2) is 0 Å². The van der Waals surface area contributed by atoms with E-state index in [1.165, 1.54) is 0 Å². The van der Waals surface area contributed by atoms with Crippen LogP contribution in [0.1, 0.15) is 62.9 Å². The molecule has 1 saturated heterocycles. The number of likely N-dealkylation sites (tertiary alicyclic amines) is 1. The largest absolute Gasteiger partial charge is 0.451 e. The van der Waals surface area contributed by atoms with Crippen molar-refractivity contribution in [3.8, 4) is 0 Å². The molecule has 2 aliphatic carbocycles. The predicted molar refractivity (Wildman–Crippen MR) is 165 cm³/mol. The number of allylic oxidation sites excluding steroid dienone is 2. The minimum absolute atomic E-state index is 0.0834. The molecule has 3 N–H and O–H groups in total. The Morgan fingerprint density at radius 1 is 1.09 bits per heavy atom. The number of benzene rings is 2. The molecule has 3 aliphatic rings. The normalized spacial score (nSPS) is 20.2. The van der Waals surface area contributed by atoms with Gasteiger partial charge in [-0.2, -0.15) is 0 Å². The quantitative estimate of drug-likeness (QED) is 0.226. The number of nitrogens with one attached hydrogen (secondary N) is 3. The number of carbonyl (C=O) groups is 3. The summed E-state index contributed by atoms with van der Waals surface area (Å²) in [7, 11) is 0. The Hall–Kier alpha value is -5.05. The molecule has 9 heteroatoms. The summed E-state index contributed by atoms with van der Waals surface area (Å²) in [5, 5.41) is 4.59. The molecule has 216 valence electrons. The van der Waals surface area contributed by atoms with E-state index in [9.17, 15) is 14.4 Å². The molecule has 2 aromatic carbocycles. The summed E-state index contributed by atoms with van der Waals surface area (Å²) in [5.41, 5.74) is 6.89. The number of piperidine rings is 1. The van der Waals surface area contributed by atoms with Gasteiger partial charge in [0.2, 0.25) is 5.78 Å². The molecule has 43 heavy (non-hydrogen) atoms. The van der Waals surface area contributed by atoms with Crippen LogP contribution in [-0.4, -0.2) is 52.1 Å². The average molecular weight is 574 g/mol. The van der Waals surface area contributed by atoms with Gasteiger partial charge in [-0.3, -0.25) is 14.4 Å². The van der Waals surface area contributed by atoms with Crippen LogP contribution < -0.4 is 10.2 Å². The van der Waals surface area contributed by atoms with Crippen molar-refractivity contribution in [2.24, 2.45) is 5.92 Å². The molecule has 0 bridgehead atoms. The summed E-state index contributed by atoms with van der Waals surface area (Å²) in [6.45, 7) is 8.59. The van der Waals surface area contributed by atoms with Crippen LogP contribution in [0.2, 0.25) is 0 Å². The molecule has 1 spiro atoms. The van der Waals surface area contributed by atoms with Crippen LogP contribution in [-0.2, 0) is 5.41 Å². The highest BCUT2D eigenvalue weighted by molar-refractivity contribution is 6.10. The SMILES string of the molecule is CCN(CC)c1ccc2cc(C(=O)Nc3ccc4[nH]c(C(=O)N5CC6CC67C5=CC(=O)c5[nH]cc(C)c57)cc4c3)oc2c1. The van der Waals surface area contributed by atoms with Crippen LogP contribution in [0.5, 0.6) is 0 Å². The second kappa shape index (κ2) is 8.97. The number of aromatic nitrogens is 2. The van der Waals surface area contributed by atoms with Crippen LogP contribution in [0.15, 0.2) is 70.9 Å². The van der Waals surface area contributed by atoms with Crippen LogP contribution in [0, 0.1) is 12.8 Å². The van der Waals surface area contributed by atoms with Crippen molar-refractivity contribution >= 4 is 50.8 Å². The Bertz CT molecular complexity index is 2040. The number of aromatic amines is 2. The van der Waals surface area contributed by atoms with Crippen molar-refractivity contribution in [3.63, 3.8) is 0 Å². The van der Waals surface area contributed by atoms with Crippen molar-refractivity contribution < 1.29 is 18.8 Å². The zero-order valence-corrected chi connectivity index (χ0v) is 24.2. The van der Waals surface area contributed by atoms with Gasteiger partial charge < -0.3 is 29.5 Å². The molecule has 0 radical (unpaired) electrons. The molecule has 3 aromatic heterocycles. The molecule has 1 aliphatic heterocycles. The number of aryl methyl sites for hydroxylation is 1. The summed E-state index contributed by atoms with van der Waals surface area (Å²) in [5.74, 6) is -0.0383. The lowest BCUT2D eigenvalue weighted by molar-refractivity contribution is 0.0806. The van der Waals surface area contributed by atoms with Crippen LogP contribution in [0.3, 0.4) is 0 Å². The fraction of sp³-hybridized carbons (Fsp3) is 0.265. The Morgan fingerprint density at radius 2 is 1.93 bits per heavy atom. The monoisotopic (exact) mass is 573 g/mol. The van der Waals surface area contributed by atoms with Gasteiger partial charge in [0.05, 0.1) is 5.69 Å². The lowest BCUT2D eigenvalue weighted by atomic mass is 9.83. The van der Waals surface area contributed by atoms with E-state index in [4.69, 9.17) is 4.42 Å². The highest BCUT2D eigenvalue weighted by Gasteiger charge is 2.68. The van der Waals surface area contributed by atoms with E-state index in [0.29, 0.717) is 35.1 Å². The van der Waals surface area contributed by atoms with Crippen molar-refractivity contribution in [3.05, 3.63) is 94.8 Å². The Balaban J connectivity index is 1.03. The molecule has 2 fully saturated rings. The van der Waals surface area contributed by atoms with E-state index in [2.05, 4.69) is 34.0 Å². The number of fused-ring (bicyclic) bond motifs is 3. The maximum absolute atomic E-state index is 13.8. The summed E-state index contributed by atoms with van der Waals surface area (Å²) < 4.78 is 5.92. The minimum atomic E-state index is -0.346. The van der Waals surface area contributed by atoms with E-state index in [1.54, 1.807) is 29.2 Å². The summed E-state index contributed by atoms with van der Waals surface area (Å²) in [6.07, 6.45) is 4.49. The lowest BCUT2D eigenvalue weighted by Crippen LogP contribution is -2.34. The van der Waals surface area contributed by atoms with E-state index in [-0.39, 0.29) is 28.8 Å². The van der Waals surface area contributed by atoms with E-state index >= 15 is 0 Å². The third kappa shape index (κ3) is 3.67. The molecule has 9 nitrogen and oxygen atoms in total. The van der Waals surface area contributed by atoms with Crippen LogP contribution >= 0.6 is 0 Å². The molecule has 2 unspecified atom stereocenters. The fourth-order valence-electron chi connectivity index (χ4n) is 7.33. The first kappa shape index (κ1) is 25.6. The van der Waals surface area contributed by atoms with Gasteiger partial charge in [-0.05, 0) is 86.7 Å². The number of rotatable bonds is 6. The average Bonchev–Trinajstić information content (AvgIpc) is 3.45. The molecule has 5 aromatic rings. The Morgan fingerprint density at radius 3 is 2.74 bits per heavy atom. The standard InChI is InChI=1S/C34H31N5O4/c1-4-38(5-2)23-8-6-19-12-28(43-27(19)13-23)32(41)36-22-7-9-24-20(10-22)11-25(37-24)33(42)39-17-21-15-34(21)29(39)14-26(40)31-30(34)18(3)16-35-31/h6-14,16,21,35,37H,4-5,15,17H2,1-3H3,(H,36,41). The topological polar surface area (TPSA) is 114 Å². The highest BCUT2D eigenvalue weighted by Crippen LogP contribution is 2.67. The first-order chi connectivity index (χ1) is 20.8. The Kier molecular flexibility index (Phi) is 5.35. The number of carbonyl (C=O) groups excluding carboxylic acids is 3. The minimum Gasteiger partial charge on any atom is -0.451 e. The number of hydrogen-bond donors (Lipinski definition) is 3. The van der Waals surface area contributed by atoms with Gasteiger partial charge in [0, 0.05) is 76.7 Å². The van der Waals surface area contributed by atoms with Gasteiger partial charge in [0.15, 0.2) is 5.76 Å². The number of ketones is 1. The number of furan rings is 1. The fourth-order valence-corrected chi connectivity index (χ4v) is 7.33. The smallest absolute Gasteiger partial charge is 0.291 e. The van der Waals surface area contributed by atoms with Crippen LogP contribution in [0.25, 0.3) is 21.9 Å². The maximum Gasteiger partial charge on any atom is 0.291 e. The van der Waals surface area contributed by atoms with Gasteiger partial charge in [0.25, 0.3) is 11.8 Å². The van der Waals surface area contributed by atoms with Crippen molar-refractivity contribution in [1.82, 2.24) is 14.9 Å². The molecule has 8 rings (SSSR count). The lowest BCUT2D eigenvalue weighted by Gasteiger charge is -2.28. The van der Waals surface area contributed by atoms with Crippen molar-refractivity contribution in [2.75, 3.05) is 29.9 Å². The second-order valence-corrected chi connectivity index (χ2v) is 11.8. The van der Waals surface area contributed by atoms with Gasteiger partial charge in [-0.15, -0.1) is 0 Å². The first-order valence-corrected chi connectivity index (χ1v) is 14.8. The molecule has 4 heterocycles. The van der Waals surface area contributed by atoms with Crippen molar-refractivity contribution in [2.45, 2.75) is 32.6 Å². The van der Waals surface area contributed by atoms with Crippen molar-refractivity contribution in [1.29, 1.82) is 0 Å². The van der Waals surface area contributed by atoms with Gasteiger partial charge >= 0.3 is 0 Å². The summed E-state index contributed by atoms with van der Waals surface area (Å²) in [4.78, 5) is 50.1. The van der Waals surface area contributed by atoms with E-state index in [1.807, 2.05) is 43.5 Å². The van der Waals surface area contributed by atoms with E-state index in [0.717, 1.165) is 58.3 Å². The number of amides is 2. The third-order valence-corrected chi connectivity index (χ3v) is 9.50. The third-order valence-electron chi connectivity index (χ3n) is 9.50. The summed E-state index contributed by atoms with van der Waals surface area (Å²) in [6, 6.07) is 15.0. The molecule has 2 amide bonds. The zero-order chi connectivity index (χ0) is 29.6. The van der Waals surface area contributed by atoms with Crippen LogP contribution in [0.4, 0.5) is 11.4 Å². The Labute approximate surface area is 247 Å². The molecule has 1 saturated carbocycles. The predicted octanol–water partition coefficient (Wildman–Crippen LogP) is 6.14. The number of anilines is 2. The first-order valence-electron chi connectivity index (χ1n) is 14.8. The molecule has 2 atom stereocenters. The second-order valence-electron chi connectivity index (χ2n) is 11.8. The maximum atomic E-state index is 13.8. The molecular weight excluding hydrogens is 542 g/mol. The number of nitrogens with zero attached hydrogens (tertiary/aromatic N) is 2. The van der Waals surface area contributed by atoms with Gasteiger partial charge in [-0.1, -0.05) is 0 Å².